The first-order valence-electron chi connectivity index (χ1n) is 7.49. The maximum atomic E-state index is 3.59. The molecule has 18 heavy (non-hydrogen) atoms. The SMILES string of the molecule is CCCCC(NCC)c1ccc(CC(C)C)cc1. The molecule has 0 aliphatic rings. The van der Waals surface area contributed by atoms with Crippen molar-refractivity contribution in [3.8, 4) is 0 Å². The molecule has 0 amide bonds. The van der Waals surface area contributed by atoms with E-state index in [9.17, 15) is 0 Å². The van der Waals surface area contributed by atoms with Gasteiger partial charge in [0.2, 0.25) is 0 Å². The molecule has 0 radical (unpaired) electrons. The average molecular weight is 247 g/mol. The lowest BCUT2D eigenvalue weighted by Gasteiger charge is -2.18. The molecule has 1 rings (SSSR count). The summed E-state index contributed by atoms with van der Waals surface area (Å²) in [5.41, 5.74) is 2.90. The van der Waals surface area contributed by atoms with Crippen LogP contribution in [0.5, 0.6) is 0 Å². The second-order valence-electron chi connectivity index (χ2n) is 5.59. The molecule has 0 aromatic heterocycles. The van der Waals surface area contributed by atoms with Gasteiger partial charge in [-0.25, -0.2) is 0 Å². The first-order chi connectivity index (χ1) is 8.67. The molecule has 1 heteroatoms. The fraction of sp³-hybridized carbons (Fsp3) is 0.647. The number of benzene rings is 1. The number of unbranched alkanes of at least 4 members (excludes halogenated alkanes) is 1. The molecule has 0 heterocycles. The van der Waals surface area contributed by atoms with E-state index in [2.05, 4.69) is 57.3 Å². The average Bonchev–Trinajstić information content (AvgIpc) is 2.35. The topological polar surface area (TPSA) is 12.0 Å². The third-order valence-electron chi connectivity index (χ3n) is 3.32. The molecule has 102 valence electrons. The third-order valence-corrected chi connectivity index (χ3v) is 3.32. The first-order valence-corrected chi connectivity index (χ1v) is 7.49. The summed E-state index contributed by atoms with van der Waals surface area (Å²) in [4.78, 5) is 0. The van der Waals surface area contributed by atoms with Gasteiger partial charge in [0.25, 0.3) is 0 Å². The van der Waals surface area contributed by atoms with Gasteiger partial charge in [-0.2, -0.15) is 0 Å². The molecule has 0 bridgehead atoms. The highest BCUT2D eigenvalue weighted by Gasteiger charge is 2.09. The van der Waals surface area contributed by atoms with E-state index in [-0.39, 0.29) is 0 Å². The van der Waals surface area contributed by atoms with Crippen LogP contribution >= 0.6 is 0 Å². The molecule has 1 aromatic rings. The number of hydrogen-bond donors (Lipinski definition) is 1. The van der Waals surface area contributed by atoms with Crippen molar-refractivity contribution in [2.75, 3.05) is 6.54 Å². The van der Waals surface area contributed by atoms with E-state index >= 15 is 0 Å². The summed E-state index contributed by atoms with van der Waals surface area (Å²) in [6, 6.07) is 9.74. The van der Waals surface area contributed by atoms with Gasteiger partial charge in [0, 0.05) is 6.04 Å². The lowest BCUT2D eigenvalue weighted by molar-refractivity contribution is 0.494. The minimum atomic E-state index is 0.531. The quantitative estimate of drug-likeness (QED) is 0.700. The fourth-order valence-electron chi connectivity index (χ4n) is 2.40. The van der Waals surface area contributed by atoms with E-state index in [0.717, 1.165) is 12.5 Å². The number of nitrogens with one attached hydrogen (secondary N) is 1. The van der Waals surface area contributed by atoms with Crippen LogP contribution in [0, 0.1) is 5.92 Å². The minimum Gasteiger partial charge on any atom is -0.310 e. The molecule has 0 saturated heterocycles. The fourth-order valence-corrected chi connectivity index (χ4v) is 2.40. The standard InChI is InChI=1S/C17H29N/c1-5-7-8-17(18-6-2)16-11-9-15(10-12-16)13-14(3)4/h9-12,14,17-18H,5-8,13H2,1-4H3. The molecular weight excluding hydrogens is 218 g/mol. The molecular formula is C17H29N. The highest BCUT2D eigenvalue weighted by Crippen LogP contribution is 2.20. The van der Waals surface area contributed by atoms with Crippen LogP contribution in [-0.4, -0.2) is 6.54 Å². The summed E-state index contributed by atoms with van der Waals surface area (Å²) >= 11 is 0. The largest absolute Gasteiger partial charge is 0.310 e. The Morgan fingerprint density at radius 3 is 2.22 bits per heavy atom. The van der Waals surface area contributed by atoms with Gasteiger partial charge >= 0.3 is 0 Å². The van der Waals surface area contributed by atoms with Crippen molar-refractivity contribution in [3.05, 3.63) is 35.4 Å². The maximum Gasteiger partial charge on any atom is 0.0320 e. The summed E-state index contributed by atoms with van der Waals surface area (Å²) < 4.78 is 0. The molecule has 0 fully saturated rings. The first kappa shape index (κ1) is 15.2. The second-order valence-corrected chi connectivity index (χ2v) is 5.59. The van der Waals surface area contributed by atoms with Crippen LogP contribution in [0.25, 0.3) is 0 Å². The Bertz CT molecular complexity index is 313. The Morgan fingerprint density at radius 2 is 1.72 bits per heavy atom. The summed E-state index contributed by atoms with van der Waals surface area (Å²) in [6.45, 7) is 10.0. The highest BCUT2D eigenvalue weighted by molar-refractivity contribution is 5.25. The van der Waals surface area contributed by atoms with Crippen molar-refractivity contribution < 1.29 is 0 Å². The van der Waals surface area contributed by atoms with E-state index < -0.39 is 0 Å². The van der Waals surface area contributed by atoms with Crippen molar-refractivity contribution in [3.63, 3.8) is 0 Å². The Hall–Kier alpha value is -0.820. The normalized spacial score (nSPS) is 12.9. The van der Waals surface area contributed by atoms with Crippen LogP contribution in [-0.2, 0) is 6.42 Å². The number of hydrogen-bond acceptors (Lipinski definition) is 1. The van der Waals surface area contributed by atoms with Crippen molar-refractivity contribution in [2.24, 2.45) is 5.92 Å². The zero-order valence-electron chi connectivity index (χ0n) is 12.5. The number of rotatable bonds is 8. The predicted molar refractivity (Wildman–Crippen MR) is 80.9 cm³/mol. The minimum absolute atomic E-state index is 0.531. The molecule has 1 nitrogen and oxygen atoms in total. The van der Waals surface area contributed by atoms with Crippen LogP contribution < -0.4 is 5.32 Å². The predicted octanol–water partition coefficient (Wildman–Crippen LogP) is 4.73. The Balaban J connectivity index is 2.67. The van der Waals surface area contributed by atoms with Crippen LogP contribution in [0.3, 0.4) is 0 Å². The Kier molecular flexibility index (Phi) is 7.04. The zero-order chi connectivity index (χ0) is 13.4. The van der Waals surface area contributed by atoms with Crippen molar-refractivity contribution in [2.45, 2.75) is 59.4 Å². The molecule has 0 aliphatic carbocycles. The van der Waals surface area contributed by atoms with Crippen molar-refractivity contribution in [1.29, 1.82) is 0 Å². The molecule has 1 aromatic carbocycles. The van der Waals surface area contributed by atoms with Gasteiger partial charge < -0.3 is 5.32 Å². The molecule has 0 aliphatic heterocycles. The third kappa shape index (κ3) is 5.22. The van der Waals surface area contributed by atoms with Gasteiger partial charge in [-0.3, -0.25) is 0 Å². The van der Waals surface area contributed by atoms with E-state index in [1.54, 1.807) is 0 Å². The molecule has 1 atom stereocenters. The smallest absolute Gasteiger partial charge is 0.0320 e. The van der Waals surface area contributed by atoms with E-state index in [1.165, 1.54) is 36.8 Å². The monoisotopic (exact) mass is 247 g/mol. The lowest BCUT2D eigenvalue weighted by Crippen LogP contribution is -2.20. The molecule has 1 unspecified atom stereocenters. The summed E-state index contributed by atoms with van der Waals surface area (Å²) in [5, 5.41) is 3.59. The van der Waals surface area contributed by atoms with Gasteiger partial charge in [0.1, 0.15) is 0 Å². The second kappa shape index (κ2) is 8.31. The summed E-state index contributed by atoms with van der Waals surface area (Å²) in [5.74, 6) is 0.737. The Labute approximate surface area is 113 Å². The van der Waals surface area contributed by atoms with Gasteiger partial charge in [0.05, 0.1) is 0 Å². The van der Waals surface area contributed by atoms with Crippen molar-refractivity contribution in [1.82, 2.24) is 5.32 Å². The maximum absolute atomic E-state index is 3.59. The summed E-state index contributed by atoms with van der Waals surface area (Å²) in [7, 11) is 0. The van der Waals surface area contributed by atoms with E-state index in [4.69, 9.17) is 0 Å². The molecule has 0 spiro atoms. The zero-order valence-corrected chi connectivity index (χ0v) is 12.5. The van der Waals surface area contributed by atoms with E-state index in [0.29, 0.717) is 6.04 Å². The summed E-state index contributed by atoms with van der Waals surface area (Å²) in [6.07, 6.45) is 4.99. The molecule has 0 saturated carbocycles. The van der Waals surface area contributed by atoms with Gasteiger partial charge in [-0.1, -0.05) is 64.8 Å². The van der Waals surface area contributed by atoms with Crippen LogP contribution in [0.4, 0.5) is 0 Å². The van der Waals surface area contributed by atoms with Crippen LogP contribution in [0.1, 0.15) is 64.1 Å². The van der Waals surface area contributed by atoms with Crippen molar-refractivity contribution >= 4 is 0 Å². The molecule has 1 N–H and O–H groups in total. The highest BCUT2D eigenvalue weighted by atomic mass is 14.9. The Morgan fingerprint density at radius 1 is 1.06 bits per heavy atom. The van der Waals surface area contributed by atoms with Gasteiger partial charge in [0.15, 0.2) is 0 Å². The van der Waals surface area contributed by atoms with Crippen LogP contribution in [0.15, 0.2) is 24.3 Å². The van der Waals surface area contributed by atoms with Gasteiger partial charge in [-0.15, -0.1) is 0 Å². The lowest BCUT2D eigenvalue weighted by atomic mass is 9.97. The van der Waals surface area contributed by atoms with E-state index in [1.807, 2.05) is 0 Å². The van der Waals surface area contributed by atoms with Crippen LogP contribution in [0.2, 0.25) is 0 Å². The van der Waals surface area contributed by atoms with Gasteiger partial charge in [-0.05, 0) is 36.4 Å².